The summed E-state index contributed by atoms with van der Waals surface area (Å²) < 4.78 is 12.9. The van der Waals surface area contributed by atoms with Crippen LogP contribution in [0.2, 0.25) is 0 Å². The van der Waals surface area contributed by atoms with Crippen molar-refractivity contribution in [3.63, 3.8) is 0 Å². The number of nitrogens with one attached hydrogen (secondary N) is 1. The van der Waals surface area contributed by atoms with Gasteiger partial charge in [0.2, 0.25) is 12.7 Å². The van der Waals surface area contributed by atoms with E-state index in [1.165, 1.54) is 36.6 Å². The van der Waals surface area contributed by atoms with E-state index in [0.717, 1.165) is 37.0 Å². The number of ether oxygens (including phenoxy) is 2. The number of likely N-dealkylation sites (tertiary alicyclic amines) is 1. The highest BCUT2D eigenvalue weighted by atomic mass is 32.2. The molecule has 5 rings (SSSR count). The number of carbonyl (C=O) groups excluding carboxylic acids is 1. The van der Waals surface area contributed by atoms with Gasteiger partial charge in [-0.1, -0.05) is 48.5 Å². The summed E-state index contributed by atoms with van der Waals surface area (Å²) in [6.45, 7) is 4.21. The van der Waals surface area contributed by atoms with Crippen LogP contribution in [0.3, 0.4) is 0 Å². The first kappa shape index (κ1) is 22.7. The zero-order valence-electron chi connectivity index (χ0n) is 19.1. The largest absolute Gasteiger partial charge is 0.454 e. The molecule has 0 aliphatic carbocycles. The SMILES string of the molecule is O=C(CSc1nnc(CCN2CCCCC2)n1Cc1ccccc1)Nc1ccc2c(c1)OCO2. The van der Waals surface area contributed by atoms with E-state index in [4.69, 9.17) is 9.47 Å². The summed E-state index contributed by atoms with van der Waals surface area (Å²) in [4.78, 5) is 15.1. The first-order valence-electron chi connectivity index (χ1n) is 11.8. The number of amides is 1. The smallest absolute Gasteiger partial charge is 0.234 e. The summed E-state index contributed by atoms with van der Waals surface area (Å²) in [6.07, 6.45) is 4.73. The minimum Gasteiger partial charge on any atom is -0.454 e. The molecular formula is C25H29N5O3S. The molecule has 0 bridgehead atoms. The molecule has 1 amide bonds. The molecule has 0 radical (unpaired) electrons. The van der Waals surface area contributed by atoms with E-state index in [2.05, 4.69) is 37.1 Å². The van der Waals surface area contributed by atoms with E-state index in [1.54, 1.807) is 12.1 Å². The Morgan fingerprint density at radius 3 is 2.68 bits per heavy atom. The Balaban J connectivity index is 1.24. The number of piperidine rings is 1. The zero-order valence-corrected chi connectivity index (χ0v) is 19.9. The maximum atomic E-state index is 12.6. The van der Waals surface area contributed by atoms with E-state index in [9.17, 15) is 4.79 Å². The van der Waals surface area contributed by atoms with Gasteiger partial charge in [0, 0.05) is 24.7 Å². The van der Waals surface area contributed by atoms with Crippen molar-refractivity contribution in [1.29, 1.82) is 0 Å². The molecule has 3 aromatic rings. The molecule has 1 saturated heterocycles. The Hall–Kier alpha value is -3.04. The van der Waals surface area contributed by atoms with Gasteiger partial charge in [-0.15, -0.1) is 10.2 Å². The van der Waals surface area contributed by atoms with Crippen molar-refractivity contribution in [2.75, 3.05) is 37.5 Å². The van der Waals surface area contributed by atoms with Crippen LogP contribution in [-0.4, -0.2) is 57.8 Å². The summed E-state index contributed by atoms with van der Waals surface area (Å²) in [5.74, 6) is 2.44. The van der Waals surface area contributed by atoms with Gasteiger partial charge in [0.1, 0.15) is 5.82 Å². The van der Waals surface area contributed by atoms with Crippen LogP contribution in [-0.2, 0) is 17.8 Å². The van der Waals surface area contributed by atoms with Crippen LogP contribution in [0.1, 0.15) is 30.7 Å². The van der Waals surface area contributed by atoms with E-state index in [1.807, 2.05) is 24.3 Å². The molecule has 34 heavy (non-hydrogen) atoms. The van der Waals surface area contributed by atoms with Crippen LogP contribution < -0.4 is 14.8 Å². The Labute approximate surface area is 203 Å². The molecule has 0 unspecified atom stereocenters. The second-order valence-electron chi connectivity index (χ2n) is 8.53. The van der Waals surface area contributed by atoms with Gasteiger partial charge < -0.3 is 24.3 Å². The molecule has 1 fully saturated rings. The second-order valence-corrected chi connectivity index (χ2v) is 9.47. The highest BCUT2D eigenvalue weighted by Crippen LogP contribution is 2.34. The quantitative estimate of drug-likeness (QED) is 0.467. The summed E-state index contributed by atoms with van der Waals surface area (Å²) >= 11 is 1.41. The Morgan fingerprint density at radius 2 is 1.82 bits per heavy atom. The molecule has 2 aliphatic heterocycles. The number of anilines is 1. The van der Waals surface area contributed by atoms with Crippen molar-refractivity contribution < 1.29 is 14.3 Å². The molecule has 0 spiro atoms. The van der Waals surface area contributed by atoms with Gasteiger partial charge in [-0.05, 0) is 43.6 Å². The van der Waals surface area contributed by atoms with Crippen molar-refractivity contribution in [2.45, 2.75) is 37.4 Å². The molecule has 2 aliphatic rings. The number of carbonyl (C=O) groups is 1. The summed E-state index contributed by atoms with van der Waals surface area (Å²) in [6, 6.07) is 15.7. The molecule has 3 heterocycles. The van der Waals surface area contributed by atoms with Gasteiger partial charge in [0.25, 0.3) is 0 Å². The van der Waals surface area contributed by atoms with Crippen molar-refractivity contribution in [2.24, 2.45) is 0 Å². The molecular weight excluding hydrogens is 450 g/mol. The van der Waals surface area contributed by atoms with Gasteiger partial charge in [0.05, 0.1) is 12.3 Å². The second kappa shape index (κ2) is 10.9. The fraction of sp³-hybridized carbons (Fsp3) is 0.400. The number of hydrogen-bond acceptors (Lipinski definition) is 7. The first-order valence-corrected chi connectivity index (χ1v) is 12.7. The summed E-state index contributed by atoms with van der Waals surface area (Å²) in [5.41, 5.74) is 1.87. The number of hydrogen-bond donors (Lipinski definition) is 1. The predicted molar refractivity (Wildman–Crippen MR) is 131 cm³/mol. The van der Waals surface area contributed by atoms with E-state index in [-0.39, 0.29) is 18.5 Å². The van der Waals surface area contributed by atoms with Crippen LogP contribution in [0.15, 0.2) is 53.7 Å². The van der Waals surface area contributed by atoms with Gasteiger partial charge in [0.15, 0.2) is 16.7 Å². The monoisotopic (exact) mass is 479 g/mol. The van der Waals surface area contributed by atoms with E-state index in [0.29, 0.717) is 23.7 Å². The average molecular weight is 480 g/mol. The lowest BCUT2D eigenvalue weighted by Gasteiger charge is -2.26. The average Bonchev–Trinajstić information content (AvgIpc) is 3.49. The van der Waals surface area contributed by atoms with Crippen molar-refractivity contribution in [3.8, 4) is 11.5 Å². The standard InChI is InChI=1S/C25H29N5O3S/c31-24(26-20-9-10-21-22(15-20)33-18-32-21)17-34-25-28-27-23(11-14-29-12-5-2-6-13-29)30(25)16-19-7-3-1-4-8-19/h1,3-4,7-10,15H,2,5-6,11-14,16-18H2,(H,26,31). The Morgan fingerprint density at radius 1 is 1.00 bits per heavy atom. The van der Waals surface area contributed by atoms with Gasteiger partial charge in [-0.25, -0.2) is 0 Å². The predicted octanol–water partition coefficient (Wildman–Crippen LogP) is 3.81. The van der Waals surface area contributed by atoms with E-state index < -0.39 is 0 Å². The van der Waals surface area contributed by atoms with Crippen molar-refractivity contribution in [3.05, 3.63) is 59.9 Å². The fourth-order valence-electron chi connectivity index (χ4n) is 4.28. The molecule has 8 nitrogen and oxygen atoms in total. The third-order valence-electron chi connectivity index (χ3n) is 6.07. The third-order valence-corrected chi connectivity index (χ3v) is 7.03. The lowest BCUT2D eigenvalue weighted by molar-refractivity contribution is -0.113. The molecule has 2 aromatic carbocycles. The van der Waals surface area contributed by atoms with Gasteiger partial charge in [-0.2, -0.15) is 0 Å². The molecule has 0 atom stereocenters. The normalized spacial score (nSPS) is 15.4. The summed E-state index contributed by atoms with van der Waals surface area (Å²) in [7, 11) is 0. The topological polar surface area (TPSA) is 81.5 Å². The number of thioether (sulfide) groups is 1. The first-order chi connectivity index (χ1) is 16.7. The number of aromatic nitrogens is 3. The number of nitrogens with zero attached hydrogens (tertiary/aromatic N) is 4. The molecule has 1 N–H and O–H groups in total. The molecule has 1 aromatic heterocycles. The lowest BCUT2D eigenvalue weighted by Crippen LogP contribution is -2.32. The highest BCUT2D eigenvalue weighted by molar-refractivity contribution is 7.99. The molecule has 9 heteroatoms. The van der Waals surface area contributed by atoms with Crippen LogP contribution in [0.25, 0.3) is 0 Å². The van der Waals surface area contributed by atoms with Crippen LogP contribution in [0.4, 0.5) is 5.69 Å². The van der Waals surface area contributed by atoms with Crippen LogP contribution in [0.5, 0.6) is 11.5 Å². The van der Waals surface area contributed by atoms with Gasteiger partial charge in [-0.3, -0.25) is 4.79 Å². The van der Waals surface area contributed by atoms with Gasteiger partial charge >= 0.3 is 0 Å². The van der Waals surface area contributed by atoms with E-state index >= 15 is 0 Å². The Kier molecular flexibility index (Phi) is 7.31. The Bertz CT molecular complexity index is 1110. The van der Waals surface area contributed by atoms with Crippen molar-refractivity contribution in [1.82, 2.24) is 19.7 Å². The maximum absolute atomic E-state index is 12.6. The lowest BCUT2D eigenvalue weighted by atomic mass is 10.1. The van der Waals surface area contributed by atoms with Crippen molar-refractivity contribution >= 4 is 23.4 Å². The molecule has 178 valence electrons. The van der Waals surface area contributed by atoms with Crippen LogP contribution in [0, 0.1) is 0 Å². The number of rotatable bonds is 9. The third kappa shape index (κ3) is 5.71. The minimum atomic E-state index is -0.104. The van der Waals surface area contributed by atoms with Crippen LogP contribution >= 0.6 is 11.8 Å². The molecule has 0 saturated carbocycles. The minimum absolute atomic E-state index is 0.104. The number of benzene rings is 2. The fourth-order valence-corrected chi connectivity index (χ4v) is 5.03. The zero-order chi connectivity index (χ0) is 23.2. The summed E-state index contributed by atoms with van der Waals surface area (Å²) in [5, 5.41) is 12.6. The number of fused-ring (bicyclic) bond motifs is 1. The highest BCUT2D eigenvalue weighted by Gasteiger charge is 2.18. The maximum Gasteiger partial charge on any atom is 0.234 e.